The quantitative estimate of drug-likeness (QED) is 0.912. The van der Waals surface area contributed by atoms with Gasteiger partial charge in [0.2, 0.25) is 0 Å². The van der Waals surface area contributed by atoms with Gasteiger partial charge in [0.15, 0.2) is 5.75 Å². The van der Waals surface area contributed by atoms with E-state index in [4.69, 9.17) is 4.74 Å². The topological polar surface area (TPSA) is 39.1 Å². The van der Waals surface area contributed by atoms with Gasteiger partial charge in [-0.15, -0.1) is 0 Å². The number of ether oxygens (including phenoxy) is 1. The van der Waals surface area contributed by atoms with Crippen molar-refractivity contribution in [3.8, 4) is 5.75 Å². The Hall–Kier alpha value is -1.88. The molecule has 0 radical (unpaired) electrons. The van der Waals surface area contributed by atoms with Crippen LogP contribution in [-0.4, -0.2) is 16.8 Å². The molecule has 0 aliphatic carbocycles. The number of benzene rings is 1. The van der Waals surface area contributed by atoms with Gasteiger partial charge in [-0.25, -0.2) is 4.39 Å². The third-order valence-electron chi connectivity index (χ3n) is 3.31. The maximum Gasteiger partial charge on any atom is 0.163 e. The van der Waals surface area contributed by atoms with Crippen LogP contribution in [0.3, 0.4) is 0 Å². The zero-order chi connectivity index (χ0) is 14.7. The van der Waals surface area contributed by atoms with E-state index in [2.05, 4.69) is 10.4 Å². The van der Waals surface area contributed by atoms with E-state index >= 15 is 0 Å². The largest absolute Gasteiger partial charge is 0.485 e. The van der Waals surface area contributed by atoms with E-state index in [0.717, 1.165) is 22.7 Å². The van der Waals surface area contributed by atoms with E-state index in [-0.39, 0.29) is 12.4 Å². The average molecular weight is 277 g/mol. The average Bonchev–Trinajstić information content (AvgIpc) is 2.65. The molecule has 0 saturated heterocycles. The maximum atomic E-state index is 13.8. The zero-order valence-electron chi connectivity index (χ0n) is 12.3. The summed E-state index contributed by atoms with van der Waals surface area (Å²) in [5.74, 6) is 0.481. The van der Waals surface area contributed by atoms with Crippen LogP contribution in [0.5, 0.6) is 5.75 Å². The first-order valence-electron chi connectivity index (χ1n) is 6.57. The fraction of sp³-hybridized carbons (Fsp3) is 0.400. The molecule has 0 bridgehead atoms. The Morgan fingerprint density at radius 3 is 2.70 bits per heavy atom. The molecule has 0 spiro atoms. The van der Waals surface area contributed by atoms with Gasteiger partial charge in [0, 0.05) is 19.2 Å². The van der Waals surface area contributed by atoms with E-state index in [0.29, 0.717) is 12.1 Å². The number of aromatic nitrogens is 2. The van der Waals surface area contributed by atoms with Gasteiger partial charge in [0.25, 0.3) is 0 Å². The lowest BCUT2D eigenvalue weighted by Crippen LogP contribution is -2.07. The minimum Gasteiger partial charge on any atom is -0.485 e. The molecule has 0 fully saturated rings. The van der Waals surface area contributed by atoms with E-state index < -0.39 is 0 Å². The Morgan fingerprint density at radius 1 is 1.35 bits per heavy atom. The lowest BCUT2D eigenvalue weighted by atomic mass is 10.1. The SMILES string of the molecule is CNCc1ccc(F)c(COc2c(C)nn(C)c2C)c1. The fourth-order valence-electron chi connectivity index (χ4n) is 2.17. The predicted molar refractivity (Wildman–Crippen MR) is 76.2 cm³/mol. The molecule has 2 rings (SSSR count). The van der Waals surface area contributed by atoms with Gasteiger partial charge in [-0.1, -0.05) is 6.07 Å². The number of halogens is 1. The highest BCUT2D eigenvalue weighted by Gasteiger charge is 2.12. The number of nitrogens with one attached hydrogen (secondary N) is 1. The molecular weight excluding hydrogens is 257 g/mol. The van der Waals surface area contributed by atoms with Crippen molar-refractivity contribution in [3.05, 3.63) is 46.5 Å². The molecule has 1 aromatic carbocycles. The van der Waals surface area contributed by atoms with Crippen molar-refractivity contribution in [1.29, 1.82) is 0 Å². The van der Waals surface area contributed by atoms with Gasteiger partial charge >= 0.3 is 0 Å². The Bertz CT molecular complexity index is 607. The van der Waals surface area contributed by atoms with E-state index in [1.54, 1.807) is 10.7 Å². The second-order valence-corrected chi connectivity index (χ2v) is 4.87. The smallest absolute Gasteiger partial charge is 0.163 e. The van der Waals surface area contributed by atoms with Crippen LogP contribution in [0.15, 0.2) is 18.2 Å². The summed E-state index contributed by atoms with van der Waals surface area (Å²) in [7, 11) is 3.73. The monoisotopic (exact) mass is 277 g/mol. The zero-order valence-corrected chi connectivity index (χ0v) is 12.3. The van der Waals surface area contributed by atoms with Crippen LogP contribution in [0.1, 0.15) is 22.5 Å². The summed E-state index contributed by atoms with van der Waals surface area (Å²) in [4.78, 5) is 0. The molecule has 0 amide bonds. The molecule has 108 valence electrons. The van der Waals surface area contributed by atoms with Crippen LogP contribution < -0.4 is 10.1 Å². The van der Waals surface area contributed by atoms with Crippen LogP contribution in [0, 0.1) is 19.7 Å². The summed E-state index contributed by atoms with van der Waals surface area (Å²) >= 11 is 0. The van der Waals surface area contributed by atoms with Gasteiger partial charge in [-0.2, -0.15) is 5.10 Å². The van der Waals surface area contributed by atoms with Crippen LogP contribution >= 0.6 is 0 Å². The predicted octanol–water partition coefficient (Wildman–Crippen LogP) is 2.47. The first kappa shape index (κ1) is 14.5. The van der Waals surface area contributed by atoms with Crippen molar-refractivity contribution >= 4 is 0 Å². The molecule has 4 nitrogen and oxygen atoms in total. The molecule has 2 aromatic rings. The third-order valence-corrected chi connectivity index (χ3v) is 3.31. The summed E-state index contributed by atoms with van der Waals surface area (Å²) in [5.41, 5.74) is 3.35. The minimum atomic E-state index is -0.246. The van der Waals surface area contributed by atoms with Gasteiger partial charge in [-0.05, 0) is 38.6 Å². The first-order chi connectivity index (χ1) is 9.52. The van der Waals surface area contributed by atoms with E-state index in [1.165, 1.54) is 6.07 Å². The fourth-order valence-corrected chi connectivity index (χ4v) is 2.17. The lowest BCUT2D eigenvalue weighted by molar-refractivity contribution is 0.295. The highest BCUT2D eigenvalue weighted by Crippen LogP contribution is 2.23. The number of nitrogens with zero attached hydrogens (tertiary/aromatic N) is 2. The first-order valence-corrected chi connectivity index (χ1v) is 6.57. The van der Waals surface area contributed by atoms with Crippen LogP contribution in [0.2, 0.25) is 0 Å². The summed E-state index contributed by atoms with van der Waals surface area (Å²) in [6.45, 7) is 4.73. The Morgan fingerprint density at radius 2 is 2.10 bits per heavy atom. The highest BCUT2D eigenvalue weighted by atomic mass is 19.1. The van der Waals surface area contributed by atoms with Crippen molar-refractivity contribution in [1.82, 2.24) is 15.1 Å². The summed E-state index contributed by atoms with van der Waals surface area (Å²) < 4.78 is 21.3. The normalized spacial score (nSPS) is 10.8. The molecule has 1 aromatic heterocycles. The second kappa shape index (κ2) is 6.05. The van der Waals surface area contributed by atoms with Crippen molar-refractivity contribution in [2.75, 3.05) is 7.05 Å². The summed E-state index contributed by atoms with van der Waals surface area (Å²) in [6, 6.07) is 5.08. The number of aryl methyl sites for hydroxylation is 2. The Balaban J connectivity index is 2.16. The lowest BCUT2D eigenvalue weighted by Gasteiger charge is -2.09. The van der Waals surface area contributed by atoms with Gasteiger partial charge < -0.3 is 10.1 Å². The molecule has 1 N–H and O–H groups in total. The number of hydrogen-bond donors (Lipinski definition) is 1. The number of hydrogen-bond acceptors (Lipinski definition) is 3. The van der Waals surface area contributed by atoms with E-state index in [1.807, 2.05) is 34.0 Å². The van der Waals surface area contributed by atoms with Crippen LogP contribution in [-0.2, 0) is 20.2 Å². The molecule has 0 atom stereocenters. The molecule has 1 heterocycles. The molecule has 0 aliphatic rings. The van der Waals surface area contributed by atoms with Crippen molar-refractivity contribution in [2.24, 2.45) is 7.05 Å². The van der Waals surface area contributed by atoms with E-state index in [9.17, 15) is 4.39 Å². The van der Waals surface area contributed by atoms with Crippen molar-refractivity contribution < 1.29 is 9.13 Å². The summed E-state index contributed by atoms with van der Waals surface area (Å²) in [6.07, 6.45) is 0. The third kappa shape index (κ3) is 2.99. The molecule has 20 heavy (non-hydrogen) atoms. The van der Waals surface area contributed by atoms with Crippen LogP contribution in [0.25, 0.3) is 0 Å². The number of rotatable bonds is 5. The van der Waals surface area contributed by atoms with Crippen molar-refractivity contribution in [2.45, 2.75) is 27.0 Å². The second-order valence-electron chi connectivity index (χ2n) is 4.87. The summed E-state index contributed by atoms with van der Waals surface area (Å²) in [5, 5.41) is 7.33. The Labute approximate surface area is 118 Å². The Kier molecular flexibility index (Phi) is 4.39. The van der Waals surface area contributed by atoms with Crippen molar-refractivity contribution in [3.63, 3.8) is 0 Å². The maximum absolute atomic E-state index is 13.8. The molecule has 0 unspecified atom stereocenters. The molecule has 0 saturated carbocycles. The van der Waals surface area contributed by atoms with Gasteiger partial charge in [0.1, 0.15) is 18.1 Å². The van der Waals surface area contributed by atoms with Gasteiger partial charge in [0.05, 0.1) is 5.69 Å². The molecular formula is C15H20FN3O. The van der Waals surface area contributed by atoms with Gasteiger partial charge in [-0.3, -0.25) is 4.68 Å². The minimum absolute atomic E-state index is 0.205. The highest BCUT2D eigenvalue weighted by molar-refractivity contribution is 5.32. The molecule has 5 heteroatoms. The van der Waals surface area contributed by atoms with Crippen LogP contribution in [0.4, 0.5) is 4.39 Å². The standard InChI is InChI=1S/C15H20FN3O/c1-10-15(11(2)19(4)18-10)20-9-13-7-12(8-17-3)5-6-14(13)16/h5-7,17H,8-9H2,1-4H3. The molecule has 0 aliphatic heterocycles.